The van der Waals surface area contributed by atoms with Crippen LogP contribution in [0.25, 0.3) is 11.0 Å². The Morgan fingerprint density at radius 2 is 2.23 bits per heavy atom. The number of aromatic nitrogens is 2. The van der Waals surface area contributed by atoms with Crippen LogP contribution in [-0.4, -0.2) is 9.55 Å². The van der Waals surface area contributed by atoms with E-state index in [4.69, 9.17) is 0 Å². The lowest BCUT2D eigenvalue weighted by molar-refractivity contribution is 0.571. The lowest BCUT2D eigenvalue weighted by atomic mass is 10.1. The maximum atomic E-state index is 4.61. The van der Waals surface area contributed by atoms with Crippen LogP contribution in [0.1, 0.15) is 12.7 Å². The van der Waals surface area contributed by atoms with E-state index >= 15 is 0 Å². The average molecular weight is 172 g/mol. The molecule has 2 heteroatoms. The Kier molecular flexibility index (Phi) is 1.29. The van der Waals surface area contributed by atoms with Crippen LogP contribution in [0.4, 0.5) is 0 Å². The van der Waals surface area contributed by atoms with Gasteiger partial charge in [-0.25, -0.2) is 4.98 Å². The molecule has 1 atom stereocenters. The molecule has 1 aromatic carbocycles. The van der Waals surface area contributed by atoms with Crippen molar-refractivity contribution in [1.82, 2.24) is 9.55 Å². The van der Waals surface area contributed by atoms with Gasteiger partial charge in [-0.1, -0.05) is 19.1 Å². The van der Waals surface area contributed by atoms with Crippen LogP contribution >= 0.6 is 0 Å². The summed E-state index contributed by atoms with van der Waals surface area (Å²) in [7, 11) is 0. The molecule has 0 radical (unpaired) electrons. The van der Waals surface area contributed by atoms with Crippen molar-refractivity contribution in [2.24, 2.45) is 5.92 Å². The van der Waals surface area contributed by atoms with Gasteiger partial charge in [0.05, 0.1) is 11.0 Å². The van der Waals surface area contributed by atoms with Crippen LogP contribution in [0.3, 0.4) is 0 Å². The van der Waals surface area contributed by atoms with Crippen LogP contribution < -0.4 is 0 Å². The Labute approximate surface area is 77.2 Å². The van der Waals surface area contributed by atoms with Crippen LogP contribution in [0.5, 0.6) is 0 Å². The fraction of sp³-hybridized carbons (Fsp3) is 0.364. The van der Waals surface area contributed by atoms with Gasteiger partial charge in [0.2, 0.25) is 0 Å². The molecule has 1 aliphatic rings. The minimum absolute atomic E-state index is 0.757. The molecule has 66 valence electrons. The Morgan fingerprint density at radius 3 is 3.15 bits per heavy atom. The van der Waals surface area contributed by atoms with Crippen molar-refractivity contribution >= 4 is 11.0 Å². The molecular formula is C11H12N2. The van der Waals surface area contributed by atoms with Crippen LogP contribution in [0, 0.1) is 5.92 Å². The molecule has 0 unspecified atom stereocenters. The molecule has 0 aliphatic carbocycles. The second-order valence-corrected chi connectivity index (χ2v) is 3.94. The van der Waals surface area contributed by atoms with Crippen molar-refractivity contribution in [3.8, 4) is 0 Å². The highest BCUT2D eigenvalue weighted by molar-refractivity contribution is 5.76. The second kappa shape index (κ2) is 2.34. The first-order valence-corrected chi connectivity index (χ1v) is 4.79. The predicted octanol–water partition coefficient (Wildman–Crippen LogP) is 2.23. The van der Waals surface area contributed by atoms with E-state index in [1.807, 2.05) is 0 Å². The molecule has 0 saturated carbocycles. The van der Waals surface area contributed by atoms with Crippen molar-refractivity contribution < 1.29 is 0 Å². The van der Waals surface area contributed by atoms with Crippen LogP contribution in [0.2, 0.25) is 0 Å². The Morgan fingerprint density at radius 1 is 1.38 bits per heavy atom. The van der Waals surface area contributed by atoms with E-state index in [2.05, 4.69) is 40.7 Å². The minimum atomic E-state index is 0.757. The maximum absolute atomic E-state index is 4.61. The van der Waals surface area contributed by atoms with Crippen molar-refractivity contribution in [2.75, 3.05) is 0 Å². The molecule has 2 nitrogen and oxygen atoms in total. The number of benzene rings is 1. The van der Waals surface area contributed by atoms with Gasteiger partial charge in [-0.05, 0) is 18.1 Å². The molecule has 13 heavy (non-hydrogen) atoms. The summed E-state index contributed by atoms with van der Waals surface area (Å²) in [6.07, 6.45) is 1.13. The van der Waals surface area contributed by atoms with Crippen molar-refractivity contribution in [3.63, 3.8) is 0 Å². The molecule has 0 bridgehead atoms. The molecule has 2 heterocycles. The molecule has 2 aromatic rings. The van der Waals surface area contributed by atoms with Crippen LogP contribution in [0.15, 0.2) is 24.3 Å². The predicted molar refractivity (Wildman–Crippen MR) is 52.6 cm³/mol. The highest BCUT2D eigenvalue weighted by atomic mass is 15.1. The van der Waals surface area contributed by atoms with E-state index in [9.17, 15) is 0 Å². The van der Waals surface area contributed by atoms with Gasteiger partial charge >= 0.3 is 0 Å². The standard InChI is InChI=1S/C11H12N2/c1-8-6-11-12-9-4-2-3-5-10(9)13(11)7-8/h2-5,8H,6-7H2,1H3/t8-/m1/s1. The molecule has 1 aromatic heterocycles. The maximum Gasteiger partial charge on any atom is 0.110 e. The van der Waals surface area contributed by atoms with Gasteiger partial charge in [-0.3, -0.25) is 0 Å². The average Bonchev–Trinajstić information content (AvgIpc) is 2.60. The van der Waals surface area contributed by atoms with Gasteiger partial charge in [0.15, 0.2) is 0 Å². The summed E-state index contributed by atoms with van der Waals surface area (Å²) in [5.41, 5.74) is 2.44. The molecule has 0 N–H and O–H groups in total. The van der Waals surface area contributed by atoms with E-state index in [0.29, 0.717) is 0 Å². The quantitative estimate of drug-likeness (QED) is 0.596. The van der Waals surface area contributed by atoms with Gasteiger partial charge in [0.25, 0.3) is 0 Å². The second-order valence-electron chi connectivity index (χ2n) is 3.94. The first-order chi connectivity index (χ1) is 6.34. The van der Waals surface area contributed by atoms with E-state index < -0.39 is 0 Å². The summed E-state index contributed by atoms with van der Waals surface area (Å²) in [5, 5.41) is 0. The topological polar surface area (TPSA) is 17.8 Å². The smallest absolute Gasteiger partial charge is 0.110 e. The number of hydrogen-bond acceptors (Lipinski definition) is 1. The Bertz CT molecular complexity index is 456. The fourth-order valence-corrected chi connectivity index (χ4v) is 2.17. The molecule has 0 amide bonds. The van der Waals surface area contributed by atoms with Crippen LogP contribution in [-0.2, 0) is 13.0 Å². The third-order valence-corrected chi connectivity index (χ3v) is 2.76. The number of fused-ring (bicyclic) bond motifs is 3. The van der Waals surface area contributed by atoms with E-state index in [1.165, 1.54) is 11.3 Å². The number of nitrogens with zero attached hydrogens (tertiary/aromatic N) is 2. The summed E-state index contributed by atoms with van der Waals surface area (Å²) in [5.74, 6) is 2.01. The SMILES string of the molecule is C[C@@H]1Cc2nc3ccccc3n2C1. The molecule has 0 fully saturated rings. The first kappa shape index (κ1) is 7.13. The molecule has 0 saturated heterocycles. The monoisotopic (exact) mass is 172 g/mol. The third kappa shape index (κ3) is 0.916. The minimum Gasteiger partial charge on any atom is -0.328 e. The Balaban J connectivity index is 2.31. The molecule has 0 spiro atoms. The number of para-hydroxylation sites is 2. The van der Waals surface area contributed by atoms with E-state index in [0.717, 1.165) is 24.4 Å². The summed E-state index contributed by atoms with van der Waals surface area (Å²) in [4.78, 5) is 4.61. The lowest BCUT2D eigenvalue weighted by Gasteiger charge is -2.00. The fourth-order valence-electron chi connectivity index (χ4n) is 2.17. The van der Waals surface area contributed by atoms with Gasteiger partial charge in [-0.15, -0.1) is 0 Å². The third-order valence-electron chi connectivity index (χ3n) is 2.76. The van der Waals surface area contributed by atoms with E-state index in [-0.39, 0.29) is 0 Å². The van der Waals surface area contributed by atoms with Gasteiger partial charge in [-0.2, -0.15) is 0 Å². The van der Waals surface area contributed by atoms with Gasteiger partial charge in [0, 0.05) is 13.0 Å². The van der Waals surface area contributed by atoms with Crippen molar-refractivity contribution in [2.45, 2.75) is 19.9 Å². The summed E-state index contributed by atoms with van der Waals surface area (Å²) in [6.45, 7) is 3.42. The lowest BCUT2D eigenvalue weighted by Crippen LogP contribution is -1.96. The van der Waals surface area contributed by atoms with Crippen molar-refractivity contribution in [1.29, 1.82) is 0 Å². The Hall–Kier alpha value is -1.31. The molecular weight excluding hydrogens is 160 g/mol. The summed E-state index contributed by atoms with van der Waals surface area (Å²) in [6, 6.07) is 8.38. The highest BCUT2D eigenvalue weighted by Crippen LogP contribution is 2.25. The highest BCUT2D eigenvalue weighted by Gasteiger charge is 2.20. The molecule has 3 rings (SSSR count). The first-order valence-electron chi connectivity index (χ1n) is 4.79. The summed E-state index contributed by atoms with van der Waals surface area (Å²) >= 11 is 0. The van der Waals surface area contributed by atoms with E-state index in [1.54, 1.807) is 0 Å². The zero-order chi connectivity index (χ0) is 8.84. The zero-order valence-corrected chi connectivity index (χ0v) is 7.70. The normalized spacial score (nSPS) is 20.8. The molecule has 1 aliphatic heterocycles. The number of rotatable bonds is 0. The zero-order valence-electron chi connectivity index (χ0n) is 7.70. The van der Waals surface area contributed by atoms with Crippen molar-refractivity contribution in [3.05, 3.63) is 30.1 Å². The number of imidazole rings is 1. The number of hydrogen-bond donors (Lipinski definition) is 0. The van der Waals surface area contributed by atoms with Gasteiger partial charge < -0.3 is 4.57 Å². The van der Waals surface area contributed by atoms with Gasteiger partial charge in [0.1, 0.15) is 5.82 Å². The summed E-state index contributed by atoms with van der Waals surface area (Å²) < 4.78 is 2.35. The largest absolute Gasteiger partial charge is 0.328 e.